The second kappa shape index (κ2) is 3.54. The topological polar surface area (TPSA) is 43.4 Å². The lowest BCUT2D eigenvalue weighted by Crippen LogP contribution is -2.15. The Hall–Kier alpha value is -0.0900. The second-order valence-corrected chi connectivity index (χ2v) is 5.60. The molecule has 0 spiro atoms. The molecule has 0 bridgehead atoms. The van der Waals surface area contributed by atoms with E-state index >= 15 is 0 Å². The van der Waals surface area contributed by atoms with E-state index in [-0.39, 0.29) is 11.2 Å². The lowest BCUT2D eigenvalue weighted by Gasteiger charge is -2.16. The Morgan fingerprint density at radius 3 is 2.00 bits per heavy atom. The Morgan fingerprint density at radius 1 is 1.27 bits per heavy atom. The van der Waals surface area contributed by atoms with Gasteiger partial charge in [-0.2, -0.15) is 8.42 Å². The van der Waals surface area contributed by atoms with Crippen LogP contribution in [0.4, 0.5) is 0 Å². The summed E-state index contributed by atoms with van der Waals surface area (Å²) in [6.07, 6.45) is 0.628. The molecule has 3 nitrogen and oxygen atoms in total. The zero-order chi connectivity index (χ0) is 9.12. The summed E-state index contributed by atoms with van der Waals surface area (Å²) in [4.78, 5) is 0. The molecule has 11 heavy (non-hydrogen) atoms. The highest BCUT2D eigenvalue weighted by molar-refractivity contribution is 7.86. The van der Waals surface area contributed by atoms with Crippen molar-refractivity contribution >= 4 is 10.1 Å². The summed E-state index contributed by atoms with van der Waals surface area (Å²) < 4.78 is 26.0. The molecular weight excluding hydrogens is 164 g/mol. The van der Waals surface area contributed by atoms with Crippen molar-refractivity contribution in [2.24, 2.45) is 5.41 Å². The van der Waals surface area contributed by atoms with Crippen LogP contribution in [-0.4, -0.2) is 21.3 Å². The van der Waals surface area contributed by atoms with Gasteiger partial charge in [0.25, 0.3) is 10.1 Å². The van der Waals surface area contributed by atoms with Crippen molar-refractivity contribution in [3.8, 4) is 0 Å². The first-order valence-electron chi connectivity index (χ1n) is 3.55. The molecular formula is C7H16O3S. The van der Waals surface area contributed by atoms with Crippen molar-refractivity contribution in [3.63, 3.8) is 0 Å². The minimum Gasteiger partial charge on any atom is -0.273 e. The van der Waals surface area contributed by atoms with E-state index in [0.717, 1.165) is 0 Å². The minimum absolute atomic E-state index is 0.0472. The van der Waals surface area contributed by atoms with Gasteiger partial charge >= 0.3 is 0 Å². The van der Waals surface area contributed by atoms with Crippen molar-refractivity contribution in [2.75, 3.05) is 12.9 Å². The standard InChI is InChI=1S/C7H16O3S/c1-7(2,3)5-6-11(8,9)10-4/h5-6H2,1-4H3. The Kier molecular flexibility index (Phi) is 3.51. The molecule has 0 aliphatic rings. The van der Waals surface area contributed by atoms with Crippen LogP contribution in [0.25, 0.3) is 0 Å². The molecule has 0 unspecified atom stereocenters. The quantitative estimate of drug-likeness (QED) is 0.616. The van der Waals surface area contributed by atoms with Crippen molar-refractivity contribution in [3.05, 3.63) is 0 Å². The number of hydrogen-bond acceptors (Lipinski definition) is 3. The van der Waals surface area contributed by atoms with Crippen LogP contribution in [0.15, 0.2) is 0 Å². The summed E-state index contributed by atoms with van der Waals surface area (Å²) in [6, 6.07) is 0. The van der Waals surface area contributed by atoms with E-state index < -0.39 is 10.1 Å². The molecule has 0 aromatic heterocycles. The minimum atomic E-state index is -3.25. The summed E-state index contributed by atoms with van der Waals surface area (Å²) in [6.45, 7) is 5.99. The van der Waals surface area contributed by atoms with Gasteiger partial charge in [-0.25, -0.2) is 0 Å². The van der Waals surface area contributed by atoms with E-state index in [2.05, 4.69) is 4.18 Å². The molecule has 0 radical (unpaired) electrons. The molecule has 0 aliphatic carbocycles. The Labute approximate surface area is 68.9 Å². The molecule has 0 saturated carbocycles. The second-order valence-electron chi connectivity index (χ2n) is 3.74. The molecule has 0 fully saturated rings. The Morgan fingerprint density at radius 2 is 1.73 bits per heavy atom. The van der Waals surface area contributed by atoms with Gasteiger partial charge in [0.05, 0.1) is 12.9 Å². The average molecular weight is 180 g/mol. The van der Waals surface area contributed by atoms with Gasteiger partial charge in [-0.3, -0.25) is 4.18 Å². The van der Waals surface area contributed by atoms with E-state index in [1.54, 1.807) is 0 Å². The molecule has 0 saturated heterocycles. The molecule has 0 heterocycles. The molecule has 0 aromatic carbocycles. The SMILES string of the molecule is COS(=O)(=O)CCC(C)(C)C. The van der Waals surface area contributed by atoms with Crippen molar-refractivity contribution in [2.45, 2.75) is 27.2 Å². The molecule has 0 rings (SSSR count). The van der Waals surface area contributed by atoms with Crippen LogP contribution in [0.1, 0.15) is 27.2 Å². The highest BCUT2D eigenvalue weighted by Gasteiger charge is 2.16. The van der Waals surface area contributed by atoms with E-state index in [9.17, 15) is 8.42 Å². The van der Waals surface area contributed by atoms with Crippen LogP contribution in [-0.2, 0) is 14.3 Å². The molecule has 4 heteroatoms. The highest BCUT2D eigenvalue weighted by atomic mass is 32.2. The molecule has 0 atom stereocenters. The van der Waals surface area contributed by atoms with Gasteiger partial charge in [0.1, 0.15) is 0 Å². The summed E-state index contributed by atoms with van der Waals surface area (Å²) in [5.41, 5.74) is 0.0472. The monoisotopic (exact) mass is 180 g/mol. The maximum Gasteiger partial charge on any atom is 0.267 e. The average Bonchev–Trinajstić information content (AvgIpc) is 1.83. The Bertz CT molecular complexity index is 198. The van der Waals surface area contributed by atoms with Crippen LogP contribution in [0.3, 0.4) is 0 Å². The summed E-state index contributed by atoms with van der Waals surface area (Å²) in [5, 5.41) is 0. The third-order valence-corrected chi connectivity index (χ3v) is 2.57. The van der Waals surface area contributed by atoms with Gasteiger partial charge in [-0.15, -0.1) is 0 Å². The predicted octanol–water partition coefficient (Wildman–Crippen LogP) is 1.40. The number of hydrogen-bond donors (Lipinski definition) is 0. The predicted molar refractivity (Wildman–Crippen MR) is 44.9 cm³/mol. The maximum atomic E-state index is 10.8. The first-order chi connectivity index (χ1) is 4.77. The largest absolute Gasteiger partial charge is 0.273 e. The van der Waals surface area contributed by atoms with Crippen LogP contribution < -0.4 is 0 Å². The van der Waals surface area contributed by atoms with Crippen LogP contribution in [0.2, 0.25) is 0 Å². The molecule has 0 aliphatic heterocycles. The number of rotatable bonds is 3. The van der Waals surface area contributed by atoms with Crippen LogP contribution >= 0.6 is 0 Å². The van der Waals surface area contributed by atoms with E-state index in [4.69, 9.17) is 0 Å². The summed E-state index contributed by atoms with van der Waals surface area (Å²) in [7, 11) is -2.06. The zero-order valence-corrected chi connectivity index (χ0v) is 8.36. The van der Waals surface area contributed by atoms with Crippen LogP contribution in [0.5, 0.6) is 0 Å². The third kappa shape index (κ3) is 6.31. The lowest BCUT2D eigenvalue weighted by atomic mass is 9.94. The molecule has 0 aromatic rings. The maximum absolute atomic E-state index is 10.8. The lowest BCUT2D eigenvalue weighted by molar-refractivity contribution is 0.366. The van der Waals surface area contributed by atoms with Crippen LogP contribution in [0, 0.1) is 5.41 Å². The molecule has 0 N–H and O–H groups in total. The summed E-state index contributed by atoms with van der Waals surface area (Å²) in [5.74, 6) is 0.104. The van der Waals surface area contributed by atoms with E-state index in [0.29, 0.717) is 6.42 Å². The summed E-state index contributed by atoms with van der Waals surface area (Å²) >= 11 is 0. The van der Waals surface area contributed by atoms with Gasteiger partial charge < -0.3 is 0 Å². The highest BCUT2D eigenvalue weighted by Crippen LogP contribution is 2.19. The van der Waals surface area contributed by atoms with E-state index in [1.807, 2.05) is 20.8 Å². The fraction of sp³-hybridized carbons (Fsp3) is 1.00. The first kappa shape index (κ1) is 10.9. The van der Waals surface area contributed by atoms with Gasteiger partial charge in [-0.1, -0.05) is 20.8 Å². The molecule has 0 amide bonds. The Balaban J connectivity index is 3.91. The fourth-order valence-electron chi connectivity index (χ4n) is 0.515. The normalized spacial score (nSPS) is 13.5. The first-order valence-corrected chi connectivity index (χ1v) is 5.13. The zero-order valence-electron chi connectivity index (χ0n) is 7.55. The van der Waals surface area contributed by atoms with Crippen molar-refractivity contribution < 1.29 is 12.6 Å². The van der Waals surface area contributed by atoms with Gasteiger partial charge in [0.15, 0.2) is 0 Å². The van der Waals surface area contributed by atoms with Gasteiger partial charge in [-0.05, 0) is 11.8 Å². The smallest absolute Gasteiger partial charge is 0.267 e. The van der Waals surface area contributed by atoms with Gasteiger partial charge in [0, 0.05) is 0 Å². The molecule has 68 valence electrons. The van der Waals surface area contributed by atoms with E-state index in [1.165, 1.54) is 7.11 Å². The van der Waals surface area contributed by atoms with Crippen molar-refractivity contribution in [1.29, 1.82) is 0 Å². The fourth-order valence-corrected chi connectivity index (χ4v) is 1.54. The third-order valence-electron chi connectivity index (χ3n) is 1.36. The van der Waals surface area contributed by atoms with Gasteiger partial charge in [0.2, 0.25) is 0 Å². The van der Waals surface area contributed by atoms with Crippen molar-refractivity contribution in [1.82, 2.24) is 0 Å².